The maximum atomic E-state index is 12.2. The molecule has 1 aliphatic carbocycles. The number of amides is 1. The maximum absolute atomic E-state index is 12.2. The molecule has 1 aliphatic rings. The van der Waals surface area contributed by atoms with Crippen molar-refractivity contribution < 1.29 is 4.79 Å². The fourth-order valence-electron chi connectivity index (χ4n) is 2.44. The lowest BCUT2D eigenvalue weighted by molar-refractivity contribution is 0.102. The van der Waals surface area contributed by atoms with E-state index in [1.165, 1.54) is 10.4 Å². The Morgan fingerprint density at radius 1 is 1.58 bits per heavy atom. The molecule has 0 aromatic carbocycles. The summed E-state index contributed by atoms with van der Waals surface area (Å²) < 4.78 is 0. The average Bonchev–Trinajstić information content (AvgIpc) is 2.95. The van der Waals surface area contributed by atoms with E-state index in [0.717, 1.165) is 30.7 Å². The van der Waals surface area contributed by atoms with Crippen molar-refractivity contribution in [2.75, 3.05) is 5.32 Å². The van der Waals surface area contributed by atoms with E-state index < -0.39 is 0 Å². The minimum Gasteiger partial charge on any atom is -0.289 e. The molecule has 2 aromatic rings. The van der Waals surface area contributed by atoms with Crippen LogP contribution >= 0.6 is 11.3 Å². The molecule has 2 N–H and O–H groups in total. The molecular formula is C13H16N4OS. The molecule has 100 valence electrons. The highest BCUT2D eigenvalue weighted by Gasteiger charge is 2.23. The van der Waals surface area contributed by atoms with E-state index in [0.29, 0.717) is 11.8 Å². The standard InChI is InChI=1S/C13H16N4OS/c1-7-3-4-9-10(6-19-11(9)5-7)12(18)15-13-14-8(2)16-17-13/h6-7H,3-5H2,1-2H3,(H2,14,15,16,17,18). The highest BCUT2D eigenvalue weighted by Crippen LogP contribution is 2.32. The van der Waals surface area contributed by atoms with Crippen LogP contribution in [0.15, 0.2) is 5.38 Å². The number of aromatic amines is 1. The van der Waals surface area contributed by atoms with Crippen LogP contribution in [0.5, 0.6) is 0 Å². The van der Waals surface area contributed by atoms with Crippen LogP contribution < -0.4 is 5.32 Å². The number of thiophene rings is 1. The number of hydrogen-bond donors (Lipinski definition) is 2. The maximum Gasteiger partial charge on any atom is 0.259 e. The minimum atomic E-state index is -0.106. The number of nitrogens with zero attached hydrogens (tertiary/aromatic N) is 2. The third-order valence-corrected chi connectivity index (χ3v) is 4.52. The average molecular weight is 276 g/mol. The number of hydrogen-bond acceptors (Lipinski definition) is 4. The van der Waals surface area contributed by atoms with Crippen molar-refractivity contribution in [3.05, 3.63) is 27.2 Å². The quantitative estimate of drug-likeness (QED) is 0.885. The molecule has 3 rings (SSSR count). The molecule has 5 nitrogen and oxygen atoms in total. The second-order valence-electron chi connectivity index (χ2n) is 5.10. The van der Waals surface area contributed by atoms with Crippen LogP contribution in [0.3, 0.4) is 0 Å². The summed E-state index contributed by atoms with van der Waals surface area (Å²) in [6, 6.07) is 0. The Balaban J connectivity index is 1.81. The molecule has 1 amide bonds. The number of H-pyrrole nitrogens is 1. The van der Waals surface area contributed by atoms with Crippen LogP contribution in [0.1, 0.15) is 40.0 Å². The van der Waals surface area contributed by atoms with Crippen molar-refractivity contribution in [2.24, 2.45) is 5.92 Å². The summed E-state index contributed by atoms with van der Waals surface area (Å²) in [4.78, 5) is 17.7. The van der Waals surface area contributed by atoms with Gasteiger partial charge < -0.3 is 0 Å². The van der Waals surface area contributed by atoms with Gasteiger partial charge in [-0.25, -0.2) is 0 Å². The van der Waals surface area contributed by atoms with E-state index in [2.05, 4.69) is 27.4 Å². The first-order valence-corrected chi connectivity index (χ1v) is 7.31. The molecule has 19 heavy (non-hydrogen) atoms. The van der Waals surface area contributed by atoms with E-state index in [4.69, 9.17) is 0 Å². The molecule has 0 fully saturated rings. The van der Waals surface area contributed by atoms with Crippen molar-refractivity contribution in [3.8, 4) is 0 Å². The molecule has 0 bridgehead atoms. The van der Waals surface area contributed by atoms with Gasteiger partial charge >= 0.3 is 0 Å². The summed E-state index contributed by atoms with van der Waals surface area (Å²) in [6.45, 7) is 4.06. The van der Waals surface area contributed by atoms with E-state index >= 15 is 0 Å². The number of rotatable bonds is 2. The molecule has 1 atom stereocenters. The molecule has 0 saturated heterocycles. The Morgan fingerprint density at radius 2 is 2.42 bits per heavy atom. The smallest absolute Gasteiger partial charge is 0.259 e. The second kappa shape index (κ2) is 4.77. The predicted octanol–water partition coefficient (Wildman–Crippen LogP) is 2.55. The van der Waals surface area contributed by atoms with Crippen molar-refractivity contribution in [1.82, 2.24) is 15.2 Å². The number of aryl methyl sites for hydroxylation is 1. The SMILES string of the molecule is Cc1nc(NC(=O)c2csc3c2CCC(C)C3)n[nH]1. The van der Waals surface area contributed by atoms with Crippen molar-refractivity contribution in [3.63, 3.8) is 0 Å². The van der Waals surface area contributed by atoms with Crippen molar-refractivity contribution in [1.29, 1.82) is 0 Å². The van der Waals surface area contributed by atoms with Gasteiger partial charge in [-0.05, 0) is 37.7 Å². The molecule has 1 unspecified atom stereocenters. The molecule has 0 spiro atoms. The number of fused-ring (bicyclic) bond motifs is 1. The van der Waals surface area contributed by atoms with Gasteiger partial charge in [0.15, 0.2) is 0 Å². The van der Waals surface area contributed by atoms with Gasteiger partial charge in [0.25, 0.3) is 5.91 Å². The van der Waals surface area contributed by atoms with Gasteiger partial charge in [-0.1, -0.05) is 6.92 Å². The lowest BCUT2D eigenvalue weighted by Gasteiger charge is -2.18. The third-order valence-electron chi connectivity index (χ3n) is 3.47. The summed E-state index contributed by atoms with van der Waals surface area (Å²) in [5.74, 6) is 1.65. The molecule has 6 heteroatoms. The van der Waals surface area contributed by atoms with Crippen molar-refractivity contribution in [2.45, 2.75) is 33.1 Å². The van der Waals surface area contributed by atoms with Crippen LogP contribution in [-0.2, 0) is 12.8 Å². The van der Waals surface area contributed by atoms with E-state index in [1.807, 2.05) is 5.38 Å². The van der Waals surface area contributed by atoms with Gasteiger partial charge in [0.1, 0.15) is 5.82 Å². The minimum absolute atomic E-state index is 0.106. The van der Waals surface area contributed by atoms with Gasteiger partial charge in [-0.2, -0.15) is 4.98 Å². The lowest BCUT2D eigenvalue weighted by atomic mass is 9.88. The highest BCUT2D eigenvalue weighted by atomic mass is 32.1. The van der Waals surface area contributed by atoms with Gasteiger partial charge in [0, 0.05) is 10.3 Å². The summed E-state index contributed by atoms with van der Waals surface area (Å²) in [6.07, 6.45) is 3.24. The Hall–Kier alpha value is -1.69. The topological polar surface area (TPSA) is 70.7 Å². The van der Waals surface area contributed by atoms with E-state index in [9.17, 15) is 4.79 Å². The molecule has 0 saturated carbocycles. The number of carbonyl (C=O) groups is 1. The Kier molecular flexibility index (Phi) is 3.10. The lowest BCUT2D eigenvalue weighted by Crippen LogP contribution is -2.17. The number of nitrogens with one attached hydrogen (secondary N) is 2. The van der Waals surface area contributed by atoms with Crippen LogP contribution in [0.2, 0.25) is 0 Å². The summed E-state index contributed by atoms with van der Waals surface area (Å²) in [5, 5.41) is 11.3. The summed E-state index contributed by atoms with van der Waals surface area (Å²) in [5.41, 5.74) is 2.00. The van der Waals surface area contributed by atoms with Gasteiger partial charge in [0.2, 0.25) is 5.95 Å². The molecular weight excluding hydrogens is 260 g/mol. The first-order valence-electron chi connectivity index (χ1n) is 6.43. The largest absolute Gasteiger partial charge is 0.289 e. The van der Waals surface area contributed by atoms with E-state index in [1.54, 1.807) is 18.3 Å². The predicted molar refractivity (Wildman–Crippen MR) is 74.6 cm³/mol. The molecule has 2 heterocycles. The first-order chi connectivity index (χ1) is 9.13. The monoisotopic (exact) mass is 276 g/mol. The number of carbonyl (C=O) groups excluding carboxylic acids is 1. The fraction of sp³-hybridized carbons (Fsp3) is 0.462. The van der Waals surface area contributed by atoms with Crippen molar-refractivity contribution >= 4 is 23.2 Å². The van der Waals surface area contributed by atoms with Crippen LogP contribution in [-0.4, -0.2) is 21.1 Å². The highest BCUT2D eigenvalue weighted by molar-refractivity contribution is 7.10. The van der Waals surface area contributed by atoms with Gasteiger partial charge in [0.05, 0.1) is 5.56 Å². The Labute approximate surface area is 115 Å². The first kappa shape index (κ1) is 12.3. The normalized spacial score (nSPS) is 18.1. The second-order valence-corrected chi connectivity index (χ2v) is 6.06. The molecule has 0 radical (unpaired) electrons. The Morgan fingerprint density at radius 3 is 3.16 bits per heavy atom. The Bertz CT molecular complexity index is 616. The zero-order valence-electron chi connectivity index (χ0n) is 11.0. The third kappa shape index (κ3) is 2.40. The molecule has 2 aromatic heterocycles. The number of anilines is 1. The zero-order chi connectivity index (χ0) is 13.4. The zero-order valence-corrected chi connectivity index (χ0v) is 11.8. The summed E-state index contributed by atoms with van der Waals surface area (Å²) >= 11 is 1.69. The fourth-order valence-corrected chi connectivity index (χ4v) is 3.68. The van der Waals surface area contributed by atoms with Crippen LogP contribution in [0.25, 0.3) is 0 Å². The number of aromatic nitrogens is 3. The van der Waals surface area contributed by atoms with Gasteiger partial charge in [-0.3, -0.25) is 15.2 Å². The van der Waals surface area contributed by atoms with Gasteiger partial charge in [-0.15, -0.1) is 16.4 Å². The van der Waals surface area contributed by atoms with E-state index in [-0.39, 0.29) is 5.91 Å². The molecule has 0 aliphatic heterocycles. The van der Waals surface area contributed by atoms with Crippen LogP contribution in [0.4, 0.5) is 5.95 Å². The van der Waals surface area contributed by atoms with Crippen LogP contribution in [0, 0.1) is 12.8 Å². The summed E-state index contributed by atoms with van der Waals surface area (Å²) in [7, 11) is 0.